The van der Waals surface area contributed by atoms with Gasteiger partial charge < -0.3 is 25.0 Å². The molecule has 108 valence electrons. The molecule has 0 radical (unpaired) electrons. The van der Waals surface area contributed by atoms with Crippen LogP contribution < -0.4 is 5.32 Å². The number of hydrogen-bond acceptors (Lipinski definition) is 5. The highest BCUT2D eigenvalue weighted by Crippen LogP contribution is 2.27. The molecule has 0 aliphatic rings. The van der Waals surface area contributed by atoms with Gasteiger partial charge in [0.15, 0.2) is 6.29 Å². The lowest BCUT2D eigenvalue weighted by molar-refractivity contribution is -0.133. The Morgan fingerprint density at radius 1 is 1.16 bits per heavy atom. The molecule has 0 aliphatic carbocycles. The summed E-state index contributed by atoms with van der Waals surface area (Å²) in [5.74, 6) is 0.124. The van der Waals surface area contributed by atoms with Gasteiger partial charge in [0.2, 0.25) is 0 Å². The molecule has 0 bridgehead atoms. The van der Waals surface area contributed by atoms with Crippen molar-refractivity contribution in [3.8, 4) is 11.5 Å². The summed E-state index contributed by atoms with van der Waals surface area (Å²) in [6.07, 6.45) is -0.295. The van der Waals surface area contributed by atoms with Crippen LogP contribution in [0.2, 0.25) is 0 Å². The number of aromatic hydroxyl groups is 2. The van der Waals surface area contributed by atoms with E-state index in [0.717, 1.165) is 5.56 Å². The Balaban J connectivity index is 2.55. The fraction of sp³-hybridized carbons (Fsp3) is 0.571. The molecule has 0 aliphatic heterocycles. The Morgan fingerprint density at radius 2 is 1.79 bits per heavy atom. The highest BCUT2D eigenvalue weighted by atomic mass is 16.7. The standard InChI is InChI=1S/C14H23NO4/c1-4-18-14(19-5-2)9-15-10(3)12-7-6-11(16)8-13(12)17/h6-8,10,14-17H,4-5,9H2,1-3H3. The highest BCUT2D eigenvalue weighted by Gasteiger charge is 2.14. The number of rotatable bonds is 8. The van der Waals surface area contributed by atoms with Crippen LogP contribution in [0.3, 0.4) is 0 Å². The molecule has 0 saturated carbocycles. The first-order valence-corrected chi connectivity index (χ1v) is 6.56. The van der Waals surface area contributed by atoms with Gasteiger partial charge in [-0.2, -0.15) is 0 Å². The molecule has 5 heteroatoms. The quantitative estimate of drug-likeness (QED) is 0.631. The molecule has 1 atom stereocenters. The minimum atomic E-state index is -0.295. The van der Waals surface area contributed by atoms with Gasteiger partial charge in [-0.25, -0.2) is 0 Å². The highest BCUT2D eigenvalue weighted by molar-refractivity contribution is 5.40. The van der Waals surface area contributed by atoms with Crippen LogP contribution in [0.4, 0.5) is 0 Å². The molecule has 1 unspecified atom stereocenters. The van der Waals surface area contributed by atoms with Crippen molar-refractivity contribution in [2.45, 2.75) is 33.1 Å². The van der Waals surface area contributed by atoms with E-state index < -0.39 is 0 Å². The number of nitrogens with one attached hydrogen (secondary N) is 1. The van der Waals surface area contributed by atoms with Gasteiger partial charge in [0.25, 0.3) is 0 Å². The van der Waals surface area contributed by atoms with E-state index in [0.29, 0.717) is 19.8 Å². The van der Waals surface area contributed by atoms with Crippen molar-refractivity contribution in [1.29, 1.82) is 0 Å². The van der Waals surface area contributed by atoms with E-state index in [1.54, 1.807) is 12.1 Å². The second-order valence-corrected chi connectivity index (χ2v) is 4.21. The van der Waals surface area contributed by atoms with Gasteiger partial charge in [-0.1, -0.05) is 6.07 Å². The summed E-state index contributed by atoms with van der Waals surface area (Å²) < 4.78 is 10.9. The fourth-order valence-electron chi connectivity index (χ4n) is 1.82. The van der Waals surface area contributed by atoms with Crippen molar-refractivity contribution >= 4 is 0 Å². The summed E-state index contributed by atoms with van der Waals surface area (Å²) in [7, 11) is 0. The normalized spacial score (nSPS) is 12.8. The second-order valence-electron chi connectivity index (χ2n) is 4.21. The van der Waals surface area contributed by atoms with E-state index in [-0.39, 0.29) is 23.8 Å². The molecular formula is C14H23NO4. The van der Waals surface area contributed by atoms with Crippen LogP contribution in [0.25, 0.3) is 0 Å². The fourth-order valence-corrected chi connectivity index (χ4v) is 1.82. The summed E-state index contributed by atoms with van der Waals surface area (Å²) in [5, 5.41) is 22.3. The summed E-state index contributed by atoms with van der Waals surface area (Å²) in [6, 6.07) is 4.51. The maximum absolute atomic E-state index is 9.77. The van der Waals surface area contributed by atoms with Crippen molar-refractivity contribution < 1.29 is 19.7 Å². The Morgan fingerprint density at radius 3 is 2.32 bits per heavy atom. The van der Waals surface area contributed by atoms with Gasteiger partial charge in [-0.15, -0.1) is 0 Å². The Labute approximate surface area is 114 Å². The van der Waals surface area contributed by atoms with E-state index >= 15 is 0 Å². The average molecular weight is 269 g/mol. The van der Waals surface area contributed by atoms with Crippen molar-refractivity contribution in [2.24, 2.45) is 0 Å². The monoisotopic (exact) mass is 269 g/mol. The molecule has 1 aromatic rings. The first-order chi connectivity index (χ1) is 9.08. The number of phenols is 2. The van der Waals surface area contributed by atoms with Crippen LogP contribution in [0.15, 0.2) is 18.2 Å². The van der Waals surface area contributed by atoms with E-state index in [4.69, 9.17) is 9.47 Å². The third kappa shape index (κ3) is 5.06. The van der Waals surface area contributed by atoms with Crippen molar-refractivity contribution in [3.05, 3.63) is 23.8 Å². The van der Waals surface area contributed by atoms with Gasteiger partial charge in [-0.05, 0) is 26.8 Å². The molecule has 3 N–H and O–H groups in total. The van der Waals surface area contributed by atoms with Crippen molar-refractivity contribution in [2.75, 3.05) is 19.8 Å². The van der Waals surface area contributed by atoms with Crippen LogP contribution in [0, 0.1) is 0 Å². The SMILES string of the molecule is CCOC(CNC(C)c1ccc(O)cc1O)OCC. The predicted octanol–water partition coefficient (Wildman–Crippen LogP) is 2.15. The third-order valence-electron chi connectivity index (χ3n) is 2.78. The summed E-state index contributed by atoms with van der Waals surface area (Å²) in [5.41, 5.74) is 0.726. The summed E-state index contributed by atoms with van der Waals surface area (Å²) >= 11 is 0. The van der Waals surface area contributed by atoms with Crippen molar-refractivity contribution in [3.63, 3.8) is 0 Å². The first-order valence-electron chi connectivity index (χ1n) is 6.56. The molecule has 0 saturated heterocycles. The Hall–Kier alpha value is -1.30. The zero-order valence-electron chi connectivity index (χ0n) is 11.7. The Kier molecular flexibility index (Phi) is 6.62. The largest absolute Gasteiger partial charge is 0.508 e. The van der Waals surface area contributed by atoms with Crippen molar-refractivity contribution in [1.82, 2.24) is 5.32 Å². The third-order valence-corrected chi connectivity index (χ3v) is 2.78. The van der Waals surface area contributed by atoms with Gasteiger partial charge >= 0.3 is 0 Å². The van der Waals surface area contributed by atoms with E-state index in [1.165, 1.54) is 6.07 Å². The zero-order valence-corrected chi connectivity index (χ0v) is 11.7. The maximum Gasteiger partial charge on any atom is 0.169 e. The van der Waals surface area contributed by atoms with E-state index in [9.17, 15) is 10.2 Å². The molecule has 1 aromatic carbocycles. The van der Waals surface area contributed by atoms with Crippen LogP contribution in [-0.2, 0) is 9.47 Å². The number of ether oxygens (including phenoxy) is 2. The molecular weight excluding hydrogens is 246 g/mol. The molecule has 0 spiro atoms. The maximum atomic E-state index is 9.77. The molecule has 0 heterocycles. The van der Waals surface area contributed by atoms with E-state index in [2.05, 4.69) is 5.32 Å². The average Bonchev–Trinajstić information content (AvgIpc) is 2.36. The lowest BCUT2D eigenvalue weighted by atomic mass is 10.1. The zero-order chi connectivity index (χ0) is 14.3. The summed E-state index contributed by atoms with van der Waals surface area (Å²) in [6.45, 7) is 7.48. The molecule has 5 nitrogen and oxygen atoms in total. The molecule has 1 rings (SSSR count). The van der Waals surface area contributed by atoms with Crippen LogP contribution in [0.1, 0.15) is 32.4 Å². The van der Waals surface area contributed by atoms with Gasteiger partial charge in [0, 0.05) is 37.4 Å². The van der Waals surface area contributed by atoms with Crippen LogP contribution in [-0.4, -0.2) is 36.3 Å². The minimum absolute atomic E-state index is 0.0509. The molecule has 0 amide bonds. The second kappa shape index (κ2) is 7.99. The van der Waals surface area contributed by atoms with Crippen LogP contribution in [0.5, 0.6) is 11.5 Å². The predicted molar refractivity (Wildman–Crippen MR) is 73.2 cm³/mol. The number of hydrogen-bond donors (Lipinski definition) is 3. The molecule has 0 fully saturated rings. The first kappa shape index (κ1) is 15.8. The Bertz CT molecular complexity index is 378. The lowest BCUT2D eigenvalue weighted by Gasteiger charge is -2.21. The molecule has 0 aromatic heterocycles. The smallest absolute Gasteiger partial charge is 0.169 e. The molecule has 19 heavy (non-hydrogen) atoms. The van der Waals surface area contributed by atoms with Gasteiger partial charge in [-0.3, -0.25) is 0 Å². The van der Waals surface area contributed by atoms with Gasteiger partial charge in [0.1, 0.15) is 11.5 Å². The lowest BCUT2D eigenvalue weighted by Crippen LogP contribution is -2.33. The topological polar surface area (TPSA) is 71.0 Å². The summed E-state index contributed by atoms with van der Waals surface area (Å²) in [4.78, 5) is 0. The number of benzene rings is 1. The van der Waals surface area contributed by atoms with Crippen LogP contribution >= 0.6 is 0 Å². The van der Waals surface area contributed by atoms with Gasteiger partial charge in [0.05, 0.1) is 0 Å². The minimum Gasteiger partial charge on any atom is -0.508 e. The van der Waals surface area contributed by atoms with E-state index in [1.807, 2.05) is 20.8 Å². The number of phenolic OH excluding ortho intramolecular Hbond substituents is 2.